The van der Waals surface area contributed by atoms with Crippen molar-refractivity contribution in [3.8, 4) is 0 Å². The lowest BCUT2D eigenvalue weighted by Gasteiger charge is -2.33. The number of H-pyrrole nitrogens is 1. The lowest BCUT2D eigenvalue weighted by atomic mass is 9.95. The highest BCUT2D eigenvalue weighted by Gasteiger charge is 2.32. The monoisotopic (exact) mass is 459 g/mol. The van der Waals surface area contributed by atoms with Gasteiger partial charge in [-0.15, -0.1) is 0 Å². The van der Waals surface area contributed by atoms with Crippen molar-refractivity contribution in [1.82, 2.24) is 14.3 Å². The van der Waals surface area contributed by atoms with Crippen LogP contribution in [0.3, 0.4) is 0 Å². The van der Waals surface area contributed by atoms with Crippen LogP contribution >= 0.6 is 0 Å². The number of rotatable bonds is 3. The molecule has 0 saturated heterocycles. The standard InChI is InChI=1S/C23H17F4N3O3/c1-29(23(32)12-4-13-3-2-11(21(26)27)7-30(13)8-12)19-10-33-9-18-20(19)14-5-16(24)17(25)6-15(14)22(31)28-18/h2-8,19,21H,9-10H2,1H3,(H,28,31). The van der Waals surface area contributed by atoms with Gasteiger partial charge in [0.05, 0.1) is 30.2 Å². The van der Waals surface area contributed by atoms with Gasteiger partial charge in [-0.25, -0.2) is 17.6 Å². The molecule has 0 spiro atoms. The van der Waals surface area contributed by atoms with Crippen molar-refractivity contribution in [2.45, 2.75) is 19.1 Å². The number of halogens is 4. The van der Waals surface area contributed by atoms with E-state index >= 15 is 0 Å². The predicted molar refractivity (Wildman–Crippen MR) is 111 cm³/mol. The summed E-state index contributed by atoms with van der Waals surface area (Å²) in [6.45, 7) is 0.114. The molecule has 1 unspecified atom stereocenters. The first kappa shape index (κ1) is 21.2. The Bertz CT molecular complexity index is 1480. The zero-order chi connectivity index (χ0) is 23.4. The van der Waals surface area contributed by atoms with E-state index in [1.165, 1.54) is 40.9 Å². The highest BCUT2D eigenvalue weighted by atomic mass is 19.3. The van der Waals surface area contributed by atoms with Crippen LogP contribution in [0.2, 0.25) is 0 Å². The summed E-state index contributed by atoms with van der Waals surface area (Å²) in [6, 6.07) is 5.43. The lowest BCUT2D eigenvalue weighted by molar-refractivity contribution is 0.0336. The summed E-state index contributed by atoms with van der Waals surface area (Å²) < 4.78 is 60.8. The molecule has 1 aliphatic heterocycles. The molecule has 1 atom stereocenters. The van der Waals surface area contributed by atoms with Crippen molar-refractivity contribution in [2.75, 3.05) is 13.7 Å². The van der Waals surface area contributed by atoms with Gasteiger partial charge in [0.1, 0.15) is 0 Å². The number of carbonyl (C=O) groups excluding carboxylic acids is 1. The number of benzene rings is 1. The van der Waals surface area contributed by atoms with Crippen molar-refractivity contribution in [2.24, 2.45) is 0 Å². The number of fused-ring (bicyclic) bond motifs is 4. The Morgan fingerprint density at radius 3 is 2.61 bits per heavy atom. The largest absolute Gasteiger partial charge is 0.373 e. The van der Waals surface area contributed by atoms with E-state index in [0.29, 0.717) is 16.8 Å². The molecular weight excluding hydrogens is 442 g/mol. The molecule has 10 heteroatoms. The normalized spacial score (nSPS) is 15.9. The maximum Gasteiger partial charge on any atom is 0.265 e. The minimum absolute atomic E-state index is 0.0328. The molecule has 1 N–H and O–H groups in total. The maximum atomic E-state index is 14.1. The van der Waals surface area contributed by atoms with E-state index in [1.807, 2.05) is 0 Å². The molecule has 33 heavy (non-hydrogen) atoms. The molecule has 0 fully saturated rings. The van der Waals surface area contributed by atoms with Crippen LogP contribution in [0.1, 0.15) is 39.6 Å². The molecule has 0 radical (unpaired) electrons. The minimum atomic E-state index is -2.64. The highest BCUT2D eigenvalue weighted by molar-refractivity contribution is 5.96. The zero-order valence-electron chi connectivity index (χ0n) is 17.2. The van der Waals surface area contributed by atoms with E-state index in [4.69, 9.17) is 4.74 Å². The van der Waals surface area contributed by atoms with Gasteiger partial charge in [0.2, 0.25) is 0 Å². The minimum Gasteiger partial charge on any atom is -0.373 e. The topological polar surface area (TPSA) is 66.8 Å². The molecule has 170 valence electrons. The van der Waals surface area contributed by atoms with Crippen LogP contribution in [0.15, 0.2) is 47.5 Å². The predicted octanol–water partition coefficient (Wildman–Crippen LogP) is 4.34. The fourth-order valence-corrected chi connectivity index (χ4v) is 4.27. The Labute approximate surface area is 184 Å². The number of hydrogen-bond donors (Lipinski definition) is 1. The van der Waals surface area contributed by atoms with Gasteiger partial charge < -0.3 is 19.0 Å². The third kappa shape index (κ3) is 3.46. The molecule has 4 aromatic rings. The third-order valence-electron chi connectivity index (χ3n) is 5.94. The number of hydrogen-bond acceptors (Lipinski definition) is 3. The van der Waals surface area contributed by atoms with Crippen molar-refractivity contribution in [1.29, 1.82) is 0 Å². The van der Waals surface area contributed by atoms with Crippen LogP contribution in [0.5, 0.6) is 0 Å². The summed E-state index contributed by atoms with van der Waals surface area (Å²) in [7, 11) is 1.52. The first-order valence-electron chi connectivity index (χ1n) is 10.0. The van der Waals surface area contributed by atoms with Crippen molar-refractivity contribution in [3.63, 3.8) is 0 Å². The van der Waals surface area contributed by atoms with Crippen LogP contribution in [0, 0.1) is 11.6 Å². The van der Waals surface area contributed by atoms with Crippen LogP contribution < -0.4 is 5.56 Å². The van der Waals surface area contributed by atoms with E-state index < -0.39 is 35.6 Å². The van der Waals surface area contributed by atoms with E-state index in [1.54, 1.807) is 6.07 Å². The summed E-state index contributed by atoms with van der Waals surface area (Å²) in [5, 5.41) is 0.166. The number of aromatic nitrogens is 2. The lowest BCUT2D eigenvalue weighted by Crippen LogP contribution is -2.37. The fraction of sp³-hybridized carbons (Fsp3) is 0.217. The smallest absolute Gasteiger partial charge is 0.265 e. The summed E-state index contributed by atoms with van der Waals surface area (Å²) >= 11 is 0. The molecule has 1 aromatic carbocycles. The molecule has 4 heterocycles. The number of ether oxygens (including phenoxy) is 1. The van der Waals surface area contributed by atoms with Crippen LogP contribution in [-0.2, 0) is 11.3 Å². The van der Waals surface area contributed by atoms with Gasteiger partial charge in [0, 0.05) is 41.8 Å². The Morgan fingerprint density at radius 1 is 1.15 bits per heavy atom. The highest BCUT2D eigenvalue weighted by Crippen LogP contribution is 2.34. The van der Waals surface area contributed by atoms with Gasteiger partial charge in [-0.3, -0.25) is 9.59 Å². The second-order valence-corrected chi connectivity index (χ2v) is 7.93. The first-order chi connectivity index (χ1) is 15.7. The van der Waals surface area contributed by atoms with Gasteiger partial charge in [-0.2, -0.15) is 0 Å². The number of likely N-dealkylation sites (N-methyl/N-ethyl adjacent to an activating group) is 1. The van der Waals surface area contributed by atoms with Gasteiger partial charge in [0.15, 0.2) is 11.6 Å². The van der Waals surface area contributed by atoms with E-state index in [9.17, 15) is 27.2 Å². The molecular formula is C23H17F4N3O3. The number of carbonyl (C=O) groups is 1. The van der Waals surface area contributed by atoms with E-state index in [2.05, 4.69) is 4.98 Å². The Balaban J connectivity index is 1.58. The zero-order valence-corrected chi connectivity index (χ0v) is 17.2. The van der Waals surface area contributed by atoms with Crippen LogP contribution in [-0.4, -0.2) is 33.8 Å². The summed E-state index contributed by atoms with van der Waals surface area (Å²) in [5.41, 5.74) is 0.886. The summed E-state index contributed by atoms with van der Waals surface area (Å²) in [5.74, 6) is -2.69. The van der Waals surface area contributed by atoms with Gasteiger partial charge >= 0.3 is 0 Å². The van der Waals surface area contributed by atoms with Crippen molar-refractivity contribution in [3.05, 3.63) is 87.1 Å². The molecule has 6 nitrogen and oxygen atoms in total. The third-order valence-corrected chi connectivity index (χ3v) is 5.94. The number of nitrogens with one attached hydrogen (secondary N) is 1. The molecule has 0 saturated carbocycles. The molecule has 1 amide bonds. The molecule has 5 rings (SSSR count). The maximum absolute atomic E-state index is 14.1. The molecule has 3 aromatic heterocycles. The number of alkyl halides is 2. The Hall–Kier alpha value is -3.66. The quantitative estimate of drug-likeness (QED) is 0.464. The number of nitrogens with zero attached hydrogens (tertiary/aromatic N) is 2. The first-order valence-corrected chi connectivity index (χ1v) is 10.0. The van der Waals surface area contributed by atoms with E-state index in [0.717, 1.165) is 12.1 Å². The van der Waals surface area contributed by atoms with Gasteiger partial charge in [0.25, 0.3) is 17.9 Å². The Morgan fingerprint density at radius 2 is 1.88 bits per heavy atom. The molecule has 0 aliphatic carbocycles. The van der Waals surface area contributed by atoms with Crippen LogP contribution in [0.4, 0.5) is 17.6 Å². The molecule has 0 bridgehead atoms. The van der Waals surface area contributed by atoms with Crippen molar-refractivity contribution < 1.29 is 27.1 Å². The average molecular weight is 459 g/mol. The number of pyridine rings is 2. The number of aromatic amines is 1. The van der Waals surface area contributed by atoms with Gasteiger partial charge in [-0.1, -0.05) is 0 Å². The Kier molecular flexibility index (Phi) is 4.97. The van der Waals surface area contributed by atoms with Crippen molar-refractivity contribution >= 4 is 22.2 Å². The van der Waals surface area contributed by atoms with E-state index in [-0.39, 0.29) is 35.1 Å². The summed E-state index contributed by atoms with van der Waals surface area (Å²) in [6.07, 6.45) is 0.0610. The average Bonchev–Trinajstić information content (AvgIpc) is 3.22. The second kappa shape index (κ2) is 7.73. The number of amides is 1. The van der Waals surface area contributed by atoms with Gasteiger partial charge in [-0.05, 0) is 35.7 Å². The van der Waals surface area contributed by atoms with Crippen LogP contribution in [0.25, 0.3) is 16.3 Å². The molecule has 1 aliphatic rings. The second-order valence-electron chi connectivity index (χ2n) is 7.93. The SMILES string of the molecule is CN(C(=O)c1cc2ccc(C(F)F)cn2c1)C1COCc2[nH]c(=O)c3cc(F)c(F)cc3c21. The summed E-state index contributed by atoms with van der Waals surface area (Å²) in [4.78, 5) is 29.7. The fourth-order valence-electron chi connectivity index (χ4n) is 4.27.